The number of hydrogen-bond donors (Lipinski definition) is 2. The molecule has 0 aromatic carbocycles. The molecule has 3 rings (SSSR count). The van der Waals surface area contributed by atoms with Crippen LogP contribution in [0.5, 0.6) is 0 Å². The summed E-state index contributed by atoms with van der Waals surface area (Å²) in [6, 6.07) is 0.639. The first kappa shape index (κ1) is 16.7. The summed E-state index contributed by atoms with van der Waals surface area (Å²) < 4.78 is 46.4. The molecule has 2 aliphatic heterocycles. The molecule has 3 aliphatic rings. The molecule has 4 unspecified atom stereocenters. The Hall–Kier alpha value is -0.180. The van der Waals surface area contributed by atoms with Gasteiger partial charge in [0.1, 0.15) is 0 Å². The van der Waals surface area contributed by atoms with Crippen LogP contribution in [0, 0.1) is 0 Å². The average Bonchev–Trinajstić information content (AvgIpc) is 2.94. The monoisotopic (exact) mass is 350 g/mol. The molecule has 0 spiro atoms. The van der Waals surface area contributed by atoms with E-state index in [1.807, 2.05) is 0 Å². The van der Waals surface area contributed by atoms with Crippen LogP contribution < -0.4 is 10.6 Å². The van der Waals surface area contributed by atoms with Gasteiger partial charge in [-0.1, -0.05) is 12.8 Å². The van der Waals surface area contributed by atoms with Crippen LogP contribution in [-0.4, -0.2) is 64.0 Å². The molecule has 0 aromatic heterocycles. The lowest BCUT2D eigenvalue weighted by molar-refractivity contribution is 0.254. The Bertz CT molecular complexity index is 548. The molecule has 2 saturated heterocycles. The lowest BCUT2D eigenvalue weighted by Crippen LogP contribution is -2.55. The van der Waals surface area contributed by atoms with Gasteiger partial charge in [0.05, 0.1) is 23.0 Å². The quantitative estimate of drug-likeness (QED) is 0.733. The first-order chi connectivity index (χ1) is 10.3. The molecule has 0 amide bonds. The molecule has 0 radical (unpaired) electrons. The minimum absolute atomic E-state index is 0.0599. The van der Waals surface area contributed by atoms with E-state index >= 15 is 0 Å². The van der Waals surface area contributed by atoms with Crippen molar-refractivity contribution in [2.24, 2.45) is 0 Å². The summed E-state index contributed by atoms with van der Waals surface area (Å²) in [5.41, 5.74) is 0. The summed E-state index contributed by atoms with van der Waals surface area (Å²) in [4.78, 5) is 0. The molecule has 0 aromatic rings. The summed E-state index contributed by atoms with van der Waals surface area (Å²) in [6.45, 7) is 0. The molecule has 8 heteroatoms. The predicted molar refractivity (Wildman–Crippen MR) is 86.4 cm³/mol. The molecule has 4 atom stereocenters. The predicted octanol–water partition coefficient (Wildman–Crippen LogP) is -0.149. The minimum Gasteiger partial charge on any atom is -0.309 e. The van der Waals surface area contributed by atoms with Crippen LogP contribution in [0.4, 0.5) is 0 Å². The topological polar surface area (TPSA) is 92.3 Å². The Balaban J connectivity index is 1.57. The van der Waals surface area contributed by atoms with Crippen molar-refractivity contribution in [3.05, 3.63) is 0 Å². The van der Waals surface area contributed by atoms with Crippen molar-refractivity contribution < 1.29 is 16.8 Å². The van der Waals surface area contributed by atoms with Crippen LogP contribution >= 0.6 is 0 Å². The molecule has 3 fully saturated rings. The maximum Gasteiger partial charge on any atom is 0.151 e. The molecule has 2 heterocycles. The van der Waals surface area contributed by atoms with E-state index in [0.29, 0.717) is 12.8 Å². The van der Waals surface area contributed by atoms with Crippen molar-refractivity contribution in [2.45, 2.75) is 62.7 Å². The average molecular weight is 351 g/mol. The maximum atomic E-state index is 11.6. The number of rotatable bonds is 4. The van der Waals surface area contributed by atoms with E-state index in [9.17, 15) is 16.8 Å². The molecule has 1 aliphatic carbocycles. The van der Waals surface area contributed by atoms with Gasteiger partial charge in [-0.25, -0.2) is 16.8 Å². The zero-order valence-electron chi connectivity index (χ0n) is 12.8. The van der Waals surface area contributed by atoms with Gasteiger partial charge >= 0.3 is 0 Å². The summed E-state index contributed by atoms with van der Waals surface area (Å²) in [7, 11) is -5.73. The van der Waals surface area contributed by atoms with Crippen molar-refractivity contribution in [3.63, 3.8) is 0 Å². The molecule has 22 heavy (non-hydrogen) atoms. The Labute approximate surface area is 133 Å². The van der Waals surface area contributed by atoms with Crippen LogP contribution in [0.25, 0.3) is 0 Å². The molecule has 1 saturated carbocycles. The molecule has 2 N–H and O–H groups in total. The first-order valence-electron chi connectivity index (χ1n) is 8.26. The number of hydrogen-bond acceptors (Lipinski definition) is 6. The highest BCUT2D eigenvalue weighted by molar-refractivity contribution is 7.91. The number of nitrogens with one attached hydrogen (secondary N) is 2. The van der Waals surface area contributed by atoms with Crippen molar-refractivity contribution in [2.75, 3.05) is 23.0 Å². The van der Waals surface area contributed by atoms with E-state index in [1.165, 1.54) is 0 Å². The van der Waals surface area contributed by atoms with Crippen LogP contribution in [0.3, 0.4) is 0 Å². The van der Waals surface area contributed by atoms with Crippen molar-refractivity contribution in [1.29, 1.82) is 0 Å². The van der Waals surface area contributed by atoms with Gasteiger partial charge in [-0.2, -0.15) is 0 Å². The first-order valence-corrected chi connectivity index (χ1v) is 11.9. The van der Waals surface area contributed by atoms with Crippen LogP contribution in [0.15, 0.2) is 0 Å². The second-order valence-electron chi connectivity index (χ2n) is 7.03. The largest absolute Gasteiger partial charge is 0.309 e. The van der Waals surface area contributed by atoms with Crippen molar-refractivity contribution >= 4 is 19.7 Å². The Morgan fingerprint density at radius 2 is 1.05 bits per heavy atom. The Morgan fingerprint density at radius 1 is 0.636 bits per heavy atom. The van der Waals surface area contributed by atoms with Crippen molar-refractivity contribution in [3.8, 4) is 0 Å². The third-order valence-corrected chi connectivity index (χ3v) is 8.67. The van der Waals surface area contributed by atoms with Gasteiger partial charge in [0.25, 0.3) is 0 Å². The zero-order valence-corrected chi connectivity index (χ0v) is 14.5. The lowest BCUT2D eigenvalue weighted by Gasteiger charge is -2.36. The fraction of sp³-hybridized carbons (Fsp3) is 1.00. The molecule has 0 bridgehead atoms. The van der Waals surface area contributed by atoms with Crippen molar-refractivity contribution in [1.82, 2.24) is 10.6 Å². The third-order valence-electron chi connectivity index (χ3n) is 5.13. The molecule has 128 valence electrons. The summed E-state index contributed by atoms with van der Waals surface area (Å²) in [5.74, 6) is 1.06. The molecule has 6 nitrogen and oxygen atoms in total. The number of sulfone groups is 2. The fourth-order valence-electron chi connectivity index (χ4n) is 3.99. The van der Waals surface area contributed by atoms with Gasteiger partial charge in [0.15, 0.2) is 19.7 Å². The second kappa shape index (κ2) is 6.37. The van der Waals surface area contributed by atoms with Crippen LogP contribution in [0.1, 0.15) is 38.5 Å². The van der Waals surface area contributed by atoms with E-state index in [4.69, 9.17) is 0 Å². The van der Waals surface area contributed by atoms with E-state index in [2.05, 4.69) is 10.6 Å². The van der Waals surface area contributed by atoms with Crippen LogP contribution in [0.2, 0.25) is 0 Å². The maximum absolute atomic E-state index is 11.6. The van der Waals surface area contributed by atoms with E-state index in [-0.39, 0.29) is 47.2 Å². The Morgan fingerprint density at radius 3 is 1.36 bits per heavy atom. The summed E-state index contributed by atoms with van der Waals surface area (Å²) in [5, 5.41) is 7.05. The van der Waals surface area contributed by atoms with Gasteiger partial charge in [-0.15, -0.1) is 0 Å². The minimum atomic E-state index is -2.86. The fourth-order valence-corrected chi connectivity index (χ4v) is 7.36. The SMILES string of the molecule is O=S1(=O)CCC(NC2CCCCC2NC2CCS(=O)(=O)C2)C1. The van der Waals surface area contributed by atoms with Gasteiger partial charge < -0.3 is 10.6 Å². The van der Waals surface area contributed by atoms with Crippen LogP contribution in [-0.2, 0) is 19.7 Å². The standard InChI is InChI=1S/C14H26N2O4S2/c17-21(18)7-5-11(9-21)15-13-3-1-2-4-14(13)16-12-6-8-22(19,20)10-12/h11-16H,1-10H2. The summed E-state index contributed by atoms with van der Waals surface area (Å²) in [6.07, 6.45) is 5.77. The summed E-state index contributed by atoms with van der Waals surface area (Å²) >= 11 is 0. The Kier molecular flexibility index (Phi) is 4.83. The van der Waals surface area contributed by atoms with Gasteiger partial charge in [0, 0.05) is 24.2 Å². The molecular formula is C14H26N2O4S2. The third kappa shape index (κ3) is 4.21. The zero-order chi connectivity index (χ0) is 15.8. The highest BCUT2D eigenvalue weighted by Crippen LogP contribution is 2.23. The van der Waals surface area contributed by atoms with Gasteiger partial charge in [-0.3, -0.25) is 0 Å². The van der Waals surface area contributed by atoms with Gasteiger partial charge in [-0.05, 0) is 25.7 Å². The smallest absolute Gasteiger partial charge is 0.151 e. The second-order valence-corrected chi connectivity index (χ2v) is 11.5. The highest BCUT2D eigenvalue weighted by atomic mass is 32.2. The van der Waals surface area contributed by atoms with E-state index < -0.39 is 19.7 Å². The normalized spacial score (nSPS) is 40.7. The van der Waals surface area contributed by atoms with E-state index in [1.54, 1.807) is 0 Å². The highest BCUT2D eigenvalue weighted by Gasteiger charge is 2.35. The molecular weight excluding hydrogens is 324 g/mol. The van der Waals surface area contributed by atoms with Gasteiger partial charge in [0.2, 0.25) is 0 Å². The lowest BCUT2D eigenvalue weighted by atomic mass is 9.89. The van der Waals surface area contributed by atoms with E-state index in [0.717, 1.165) is 25.7 Å².